The Morgan fingerprint density at radius 1 is 0.800 bits per heavy atom. The van der Waals surface area contributed by atoms with Crippen LogP contribution in [0.1, 0.15) is 6.92 Å². The molecule has 0 fully saturated rings. The van der Waals surface area contributed by atoms with Gasteiger partial charge in [-0.1, -0.05) is 12.1 Å². The van der Waals surface area contributed by atoms with Crippen LogP contribution >= 0.6 is 11.1 Å². The van der Waals surface area contributed by atoms with E-state index in [1.807, 2.05) is 0 Å². The zero-order chi connectivity index (χ0) is 16.5. The van der Waals surface area contributed by atoms with Crippen LogP contribution in [0.4, 0.5) is 0 Å². The summed E-state index contributed by atoms with van der Waals surface area (Å²) < 4.78 is 0. The van der Waals surface area contributed by atoms with Gasteiger partial charge in [-0.2, -0.15) is 35.0 Å². The van der Waals surface area contributed by atoms with Gasteiger partial charge < -0.3 is 24.8 Å². The third kappa shape index (κ3) is 8.70. The molecule has 0 amide bonds. The second-order valence-electron chi connectivity index (χ2n) is 5.07. The van der Waals surface area contributed by atoms with Gasteiger partial charge in [0.1, 0.15) is 0 Å². The van der Waals surface area contributed by atoms with Crippen molar-refractivity contribution in [1.29, 1.82) is 0 Å². The van der Waals surface area contributed by atoms with Crippen molar-refractivity contribution >= 4 is 37.4 Å². The Labute approximate surface area is 182 Å². The Hall–Kier alpha value is -0.383. The van der Waals surface area contributed by atoms with Gasteiger partial charge in [0.15, 0.2) is 0 Å². The van der Waals surface area contributed by atoms with E-state index < -0.39 is 0 Å². The molecule has 0 spiro atoms. The van der Waals surface area contributed by atoms with Crippen LogP contribution in [0.3, 0.4) is 0 Å². The van der Waals surface area contributed by atoms with E-state index in [-0.39, 0.29) is 29.6 Å². The molecule has 0 radical (unpaired) electrons. The summed E-state index contributed by atoms with van der Waals surface area (Å²) >= 11 is 6.86. The summed E-state index contributed by atoms with van der Waals surface area (Å²) in [6, 6.07) is 30.6. The van der Waals surface area contributed by atoms with Crippen molar-refractivity contribution in [3.63, 3.8) is 0 Å². The van der Waals surface area contributed by atoms with Crippen LogP contribution in [0.5, 0.6) is 0 Å². The van der Waals surface area contributed by atoms with E-state index in [4.69, 9.17) is 11.1 Å². The van der Waals surface area contributed by atoms with Gasteiger partial charge in [0, 0.05) is 0 Å². The molecule has 0 aromatic heterocycles. The first kappa shape index (κ1) is 24.6. The molecule has 5 heteroatoms. The summed E-state index contributed by atoms with van der Waals surface area (Å²) in [6.45, 7) is 2.15. The molecule has 0 unspecified atom stereocenters. The molecular weight excluding hydrogens is 553 g/mol. The fourth-order valence-corrected chi connectivity index (χ4v) is 2.14. The molecule has 4 rings (SSSR count). The smallest absolute Gasteiger partial charge is 0.0809 e. The summed E-state index contributed by atoms with van der Waals surface area (Å²) in [6.07, 6.45) is 0. The minimum atomic E-state index is -0.263. The minimum absolute atomic E-state index is 0. The molecule has 130 valence electrons. The largest absolute Gasteiger partial charge is 1.00 e. The van der Waals surface area contributed by atoms with Crippen molar-refractivity contribution in [2.24, 2.45) is 0 Å². The fourth-order valence-electron chi connectivity index (χ4n) is 2.14. The maximum atomic E-state index is 5.63. The summed E-state index contributed by atoms with van der Waals surface area (Å²) in [4.78, 5) is -0.263. The molecule has 4 aromatic rings. The molecule has 0 nitrogen and oxygen atoms in total. The van der Waals surface area contributed by atoms with Gasteiger partial charge in [0.05, 0.1) is 0 Å². The number of benzene rings is 2. The van der Waals surface area contributed by atoms with Gasteiger partial charge in [-0.15, -0.1) is 59.3 Å². The predicted octanol–water partition coefficient (Wildman–Crippen LogP) is 0.406. The van der Waals surface area contributed by atoms with E-state index in [1.54, 1.807) is 0 Å². The SMILES string of the molecule is CC[Si](Cl)=[Hf+2].[Cl-].[Cl-].c1ccc2[cH-]ccc2c1.c1ccc2[cH-]ccc2c1. The van der Waals surface area contributed by atoms with Crippen LogP contribution < -0.4 is 24.8 Å². The van der Waals surface area contributed by atoms with E-state index in [0.717, 1.165) is 0 Å². The summed E-state index contributed by atoms with van der Waals surface area (Å²) in [5.74, 6) is 0. The monoisotopic (exact) mass is 572 g/mol. The average molecular weight is 572 g/mol. The van der Waals surface area contributed by atoms with Crippen molar-refractivity contribution in [3.8, 4) is 0 Å². The van der Waals surface area contributed by atoms with Crippen LogP contribution in [0.15, 0.2) is 84.9 Å². The average Bonchev–Trinajstić information content (AvgIpc) is 3.24. The minimum Gasteiger partial charge on any atom is -1.00 e. The van der Waals surface area contributed by atoms with Gasteiger partial charge in [0.2, 0.25) is 0 Å². The Morgan fingerprint density at radius 2 is 1.16 bits per heavy atom. The topological polar surface area (TPSA) is 0 Å². The second kappa shape index (κ2) is 13.8. The van der Waals surface area contributed by atoms with E-state index in [2.05, 4.69) is 91.9 Å². The normalized spacial score (nSPS) is 8.96. The van der Waals surface area contributed by atoms with E-state index in [1.165, 1.54) is 50.6 Å². The Morgan fingerprint density at radius 3 is 1.48 bits per heavy atom. The third-order valence-corrected chi connectivity index (χ3v) is 8.64. The number of hydrogen-bond acceptors (Lipinski definition) is 0. The molecule has 0 saturated heterocycles. The van der Waals surface area contributed by atoms with E-state index in [0.29, 0.717) is 0 Å². The van der Waals surface area contributed by atoms with Gasteiger partial charge in [0.25, 0.3) is 0 Å². The van der Waals surface area contributed by atoms with E-state index in [9.17, 15) is 0 Å². The van der Waals surface area contributed by atoms with Crippen LogP contribution in [0.2, 0.25) is 6.04 Å². The van der Waals surface area contributed by atoms with Crippen molar-refractivity contribution in [1.82, 2.24) is 0 Å². The van der Waals surface area contributed by atoms with Crippen LogP contribution in [-0.4, -0.2) is 4.80 Å². The molecule has 25 heavy (non-hydrogen) atoms. The Bertz CT molecular complexity index is 741. The zero-order valence-electron chi connectivity index (χ0n) is 13.9. The molecule has 0 aliphatic rings. The van der Waals surface area contributed by atoms with Crippen molar-refractivity contribution in [3.05, 3.63) is 84.9 Å². The Kier molecular flexibility index (Phi) is 13.6. The number of halogens is 3. The summed E-state index contributed by atoms with van der Waals surface area (Å²) in [5.41, 5.74) is 0. The number of rotatable bonds is 1. The predicted molar refractivity (Wildman–Crippen MR) is 101 cm³/mol. The van der Waals surface area contributed by atoms with Crippen LogP contribution in [0.25, 0.3) is 21.5 Å². The van der Waals surface area contributed by atoms with Gasteiger partial charge >= 0.3 is 51.9 Å². The molecular formula is C20H19Cl3HfSi-2. The van der Waals surface area contributed by atoms with Crippen molar-refractivity contribution in [2.45, 2.75) is 13.0 Å². The maximum absolute atomic E-state index is 5.63. The fraction of sp³-hybridized carbons (Fsp3) is 0.100. The molecule has 0 saturated carbocycles. The molecule has 4 aromatic carbocycles. The van der Waals surface area contributed by atoms with Gasteiger partial charge in [-0.05, 0) is 0 Å². The molecule has 0 atom stereocenters. The molecule has 0 heterocycles. The first-order valence-electron chi connectivity index (χ1n) is 7.64. The summed E-state index contributed by atoms with van der Waals surface area (Å²) in [5, 5.41) is 5.32. The number of hydrogen-bond donors (Lipinski definition) is 0. The van der Waals surface area contributed by atoms with E-state index >= 15 is 0 Å². The molecule has 0 bridgehead atoms. The third-order valence-electron chi connectivity index (χ3n) is 3.41. The molecule has 0 N–H and O–H groups in total. The maximum Gasteiger partial charge on any atom is -0.0809 e. The second-order valence-corrected chi connectivity index (χ2v) is 17.9. The summed E-state index contributed by atoms with van der Waals surface area (Å²) in [7, 11) is 0. The van der Waals surface area contributed by atoms with Crippen LogP contribution in [-0.2, 0) is 23.0 Å². The van der Waals surface area contributed by atoms with Gasteiger partial charge in [-0.3, -0.25) is 0 Å². The zero-order valence-corrected chi connectivity index (χ0v) is 20.8. The van der Waals surface area contributed by atoms with Crippen molar-refractivity contribution < 1.29 is 47.8 Å². The van der Waals surface area contributed by atoms with Gasteiger partial charge in [-0.25, -0.2) is 0 Å². The number of fused-ring (bicyclic) bond motifs is 2. The first-order chi connectivity index (χ1) is 11.2. The Balaban J connectivity index is 0.000000348. The van der Waals surface area contributed by atoms with Crippen molar-refractivity contribution in [2.75, 3.05) is 0 Å². The molecule has 0 aliphatic heterocycles. The van der Waals surface area contributed by atoms with Crippen LogP contribution in [0, 0.1) is 0 Å². The molecule has 0 aliphatic carbocycles. The quantitative estimate of drug-likeness (QED) is 0.176. The first-order valence-corrected chi connectivity index (χ1v) is 15.8. The standard InChI is InChI=1S/2C9H7.C2H5ClSi.2ClH.Hf/c2*1-2-5-9-7-3-6-8(9)4-1;1-2-4-3;;;/h2*1-7H;2H2,1H3;2*1H;/q2*-1;;;;+2/p-2.